The van der Waals surface area contributed by atoms with Gasteiger partial charge in [-0.15, -0.1) is 0 Å². The molecule has 1 aromatic heterocycles. The number of pyridine rings is 1. The number of likely N-dealkylation sites (N-methyl/N-ethyl adjacent to an activating group) is 1. The van der Waals surface area contributed by atoms with Crippen LogP contribution < -0.4 is 10.1 Å². The molecular weight excluding hydrogens is 294 g/mol. The van der Waals surface area contributed by atoms with E-state index in [0.717, 1.165) is 24.4 Å². The van der Waals surface area contributed by atoms with Gasteiger partial charge in [-0.1, -0.05) is 27.2 Å². The monoisotopic (exact) mass is 325 g/mol. The summed E-state index contributed by atoms with van der Waals surface area (Å²) < 4.78 is 9.91. The number of nitrogens with one attached hydrogen (secondary N) is 1. The van der Waals surface area contributed by atoms with Crippen LogP contribution in [0.1, 0.15) is 45.7 Å². The van der Waals surface area contributed by atoms with Crippen molar-refractivity contribution in [3.63, 3.8) is 0 Å². The van der Waals surface area contributed by atoms with Crippen molar-refractivity contribution in [3.05, 3.63) is 24.0 Å². The molecule has 1 unspecified atom stereocenters. The third-order valence-electron chi connectivity index (χ3n) is 3.29. The molecule has 1 atom stereocenters. The summed E-state index contributed by atoms with van der Waals surface area (Å²) in [6, 6.07) is 2.01. The SMILES string of the molecule is CCC.CCN(CCNC(=O)OC)C(C)c1cnccc1OC. The lowest BCUT2D eigenvalue weighted by Crippen LogP contribution is -2.36. The van der Waals surface area contributed by atoms with Crippen molar-refractivity contribution in [1.29, 1.82) is 0 Å². The molecule has 0 fully saturated rings. The number of aromatic nitrogens is 1. The van der Waals surface area contributed by atoms with Crippen LogP contribution in [0, 0.1) is 0 Å². The number of methoxy groups -OCH3 is 2. The summed E-state index contributed by atoms with van der Waals surface area (Å²) in [5, 5.41) is 2.68. The smallest absolute Gasteiger partial charge is 0.406 e. The van der Waals surface area contributed by atoms with Crippen LogP contribution in [0.25, 0.3) is 0 Å². The van der Waals surface area contributed by atoms with Crippen LogP contribution in [0.15, 0.2) is 18.5 Å². The van der Waals surface area contributed by atoms with E-state index in [1.165, 1.54) is 13.5 Å². The number of amides is 1. The summed E-state index contributed by atoms with van der Waals surface area (Å²) in [4.78, 5) is 17.4. The molecule has 0 spiro atoms. The normalized spacial score (nSPS) is 11.3. The molecule has 1 amide bonds. The first kappa shape index (κ1) is 21.2. The van der Waals surface area contributed by atoms with Gasteiger partial charge in [0.1, 0.15) is 5.75 Å². The van der Waals surface area contributed by atoms with Gasteiger partial charge >= 0.3 is 6.09 Å². The lowest BCUT2D eigenvalue weighted by molar-refractivity contribution is 0.165. The minimum Gasteiger partial charge on any atom is -0.496 e. The lowest BCUT2D eigenvalue weighted by Gasteiger charge is -2.28. The van der Waals surface area contributed by atoms with Gasteiger partial charge < -0.3 is 14.8 Å². The van der Waals surface area contributed by atoms with Crippen LogP contribution in [-0.4, -0.2) is 49.8 Å². The van der Waals surface area contributed by atoms with Crippen LogP contribution in [0.5, 0.6) is 5.75 Å². The molecule has 0 aliphatic carbocycles. The molecule has 1 heterocycles. The van der Waals surface area contributed by atoms with E-state index < -0.39 is 6.09 Å². The van der Waals surface area contributed by atoms with Crippen molar-refractivity contribution in [2.24, 2.45) is 0 Å². The molecule has 1 N–H and O–H groups in total. The standard InChI is InChI=1S/C14H23N3O3.C3H8/c1-5-17(9-8-16-14(18)20-4)11(2)12-10-15-7-6-13(12)19-3;1-3-2/h6-7,10-11H,5,8-9H2,1-4H3,(H,16,18);3H2,1-2H3. The molecule has 0 aliphatic heterocycles. The van der Waals surface area contributed by atoms with Crippen LogP contribution in [0.3, 0.4) is 0 Å². The molecule has 1 rings (SSSR count). The number of rotatable bonds is 7. The number of nitrogens with zero attached hydrogens (tertiary/aromatic N) is 2. The molecule has 1 aromatic rings. The molecule has 132 valence electrons. The second kappa shape index (κ2) is 12.7. The average molecular weight is 325 g/mol. The zero-order chi connectivity index (χ0) is 17.7. The van der Waals surface area contributed by atoms with Gasteiger partial charge in [-0.25, -0.2) is 4.79 Å². The molecular formula is C17H31N3O3. The van der Waals surface area contributed by atoms with E-state index in [9.17, 15) is 4.79 Å². The summed E-state index contributed by atoms with van der Waals surface area (Å²) in [5.74, 6) is 0.826. The highest BCUT2D eigenvalue weighted by atomic mass is 16.5. The minimum absolute atomic E-state index is 0.156. The molecule has 6 nitrogen and oxygen atoms in total. The van der Waals surface area contributed by atoms with Crippen LogP contribution in [0.4, 0.5) is 4.79 Å². The Bertz CT molecular complexity index is 441. The van der Waals surface area contributed by atoms with Gasteiger partial charge in [0.25, 0.3) is 0 Å². The second-order valence-corrected chi connectivity index (χ2v) is 5.05. The van der Waals surface area contributed by atoms with Crippen LogP contribution in [0.2, 0.25) is 0 Å². The molecule has 0 radical (unpaired) electrons. The second-order valence-electron chi connectivity index (χ2n) is 5.05. The number of carbonyl (C=O) groups is 1. The van der Waals surface area contributed by atoms with E-state index in [0.29, 0.717) is 6.54 Å². The maximum Gasteiger partial charge on any atom is 0.406 e. The summed E-state index contributed by atoms with van der Waals surface area (Å²) in [6.07, 6.45) is 4.37. The first-order valence-corrected chi connectivity index (χ1v) is 8.09. The Labute approximate surface area is 140 Å². The first-order valence-electron chi connectivity index (χ1n) is 8.09. The quantitative estimate of drug-likeness (QED) is 0.834. The topological polar surface area (TPSA) is 63.7 Å². The maximum absolute atomic E-state index is 11.0. The van der Waals surface area contributed by atoms with Crippen molar-refractivity contribution in [2.45, 2.75) is 40.2 Å². The Kier molecular flexibility index (Phi) is 11.7. The number of hydrogen-bond donors (Lipinski definition) is 1. The highest BCUT2D eigenvalue weighted by molar-refractivity contribution is 5.66. The third-order valence-corrected chi connectivity index (χ3v) is 3.29. The van der Waals surface area contributed by atoms with Crippen LogP contribution in [-0.2, 0) is 4.74 Å². The fourth-order valence-electron chi connectivity index (χ4n) is 2.09. The maximum atomic E-state index is 11.0. The van der Waals surface area contributed by atoms with Gasteiger partial charge in [0.05, 0.1) is 14.2 Å². The zero-order valence-electron chi connectivity index (χ0n) is 15.3. The number of alkyl carbamates (subject to hydrolysis) is 1. The van der Waals surface area contributed by atoms with Crippen molar-refractivity contribution < 1.29 is 14.3 Å². The van der Waals surface area contributed by atoms with E-state index in [1.807, 2.05) is 12.3 Å². The molecule has 0 aliphatic rings. The van der Waals surface area contributed by atoms with Gasteiger partial charge in [-0.05, 0) is 19.5 Å². The Hall–Kier alpha value is -1.82. The van der Waals surface area contributed by atoms with E-state index in [2.05, 4.69) is 47.6 Å². The Morgan fingerprint density at radius 1 is 1.35 bits per heavy atom. The van der Waals surface area contributed by atoms with Crippen molar-refractivity contribution in [2.75, 3.05) is 33.9 Å². The lowest BCUT2D eigenvalue weighted by atomic mass is 10.1. The number of carbonyl (C=O) groups excluding carboxylic acids is 1. The van der Waals surface area contributed by atoms with E-state index in [-0.39, 0.29) is 6.04 Å². The third kappa shape index (κ3) is 7.83. The highest BCUT2D eigenvalue weighted by Crippen LogP contribution is 2.27. The zero-order valence-corrected chi connectivity index (χ0v) is 15.3. The Morgan fingerprint density at radius 3 is 2.52 bits per heavy atom. The molecule has 0 bridgehead atoms. The largest absolute Gasteiger partial charge is 0.496 e. The Morgan fingerprint density at radius 2 is 2.00 bits per heavy atom. The van der Waals surface area contributed by atoms with Crippen LogP contribution >= 0.6 is 0 Å². The fraction of sp³-hybridized carbons (Fsp3) is 0.647. The predicted molar refractivity (Wildman–Crippen MR) is 92.8 cm³/mol. The van der Waals surface area contributed by atoms with E-state index in [1.54, 1.807) is 13.3 Å². The molecule has 0 saturated heterocycles. The highest BCUT2D eigenvalue weighted by Gasteiger charge is 2.18. The van der Waals surface area contributed by atoms with Crippen molar-refractivity contribution in [1.82, 2.24) is 15.2 Å². The summed E-state index contributed by atoms with van der Waals surface area (Å²) in [7, 11) is 3.01. The van der Waals surface area contributed by atoms with Crippen molar-refractivity contribution in [3.8, 4) is 5.75 Å². The van der Waals surface area contributed by atoms with Crippen molar-refractivity contribution >= 4 is 6.09 Å². The fourth-order valence-corrected chi connectivity index (χ4v) is 2.09. The first-order chi connectivity index (χ1) is 11.0. The number of ether oxygens (including phenoxy) is 2. The summed E-state index contributed by atoms with van der Waals surface area (Å²) in [6.45, 7) is 10.6. The molecule has 0 aromatic carbocycles. The summed E-state index contributed by atoms with van der Waals surface area (Å²) >= 11 is 0. The Balaban J connectivity index is 0.00000149. The average Bonchev–Trinajstić information content (AvgIpc) is 2.58. The van der Waals surface area contributed by atoms with Gasteiger partial charge in [-0.2, -0.15) is 0 Å². The molecule has 6 heteroatoms. The molecule has 0 saturated carbocycles. The predicted octanol–water partition coefficient (Wildman–Crippen LogP) is 3.25. The van der Waals surface area contributed by atoms with Gasteiger partial charge in [0, 0.05) is 37.1 Å². The van der Waals surface area contributed by atoms with Gasteiger partial charge in [-0.3, -0.25) is 9.88 Å². The molecule has 23 heavy (non-hydrogen) atoms. The minimum atomic E-state index is -0.410. The summed E-state index contributed by atoms with van der Waals surface area (Å²) in [5.41, 5.74) is 1.04. The van der Waals surface area contributed by atoms with E-state index >= 15 is 0 Å². The van der Waals surface area contributed by atoms with E-state index in [4.69, 9.17) is 4.74 Å². The van der Waals surface area contributed by atoms with Gasteiger partial charge in [0.2, 0.25) is 0 Å². The number of hydrogen-bond acceptors (Lipinski definition) is 5. The van der Waals surface area contributed by atoms with Gasteiger partial charge in [0.15, 0.2) is 0 Å².